The van der Waals surface area contributed by atoms with Gasteiger partial charge in [0.2, 0.25) is 0 Å². The average Bonchev–Trinajstić information content (AvgIpc) is 2.89. The number of aromatic nitrogens is 2. The fourth-order valence-corrected chi connectivity index (χ4v) is 4.74. The lowest BCUT2D eigenvalue weighted by Crippen LogP contribution is -2.47. The van der Waals surface area contributed by atoms with E-state index in [-0.39, 0.29) is 17.0 Å². The maximum Gasteiger partial charge on any atom is 0.422 e. The van der Waals surface area contributed by atoms with Crippen LogP contribution in [0.4, 0.5) is 18.9 Å². The highest BCUT2D eigenvalue weighted by Crippen LogP contribution is 2.33. The van der Waals surface area contributed by atoms with Gasteiger partial charge < -0.3 is 9.64 Å². The summed E-state index contributed by atoms with van der Waals surface area (Å²) >= 11 is 5.98. The predicted octanol–water partition coefficient (Wildman–Crippen LogP) is 4.17. The number of piperazine rings is 1. The molecule has 38 heavy (non-hydrogen) atoms. The topological polar surface area (TPSA) is 59.7 Å². The molecule has 2 aromatic carbocycles. The van der Waals surface area contributed by atoms with Gasteiger partial charge in [0.05, 0.1) is 12.2 Å². The molecular weight excluding hydrogens is 521 g/mol. The Kier molecular flexibility index (Phi) is 8.83. The first-order chi connectivity index (χ1) is 18.1. The lowest BCUT2D eigenvalue weighted by atomic mass is 10.2. The van der Waals surface area contributed by atoms with Crippen molar-refractivity contribution in [3.8, 4) is 5.75 Å². The van der Waals surface area contributed by atoms with Gasteiger partial charge in [-0.15, -0.1) is 0 Å². The van der Waals surface area contributed by atoms with Crippen molar-refractivity contribution in [1.82, 2.24) is 14.0 Å². The van der Waals surface area contributed by atoms with Crippen molar-refractivity contribution in [2.75, 3.05) is 44.2 Å². The van der Waals surface area contributed by atoms with Crippen LogP contribution in [0.1, 0.15) is 17.5 Å². The van der Waals surface area contributed by atoms with Gasteiger partial charge in [-0.25, -0.2) is 4.79 Å². The van der Waals surface area contributed by atoms with Crippen LogP contribution in [0.25, 0.3) is 0 Å². The van der Waals surface area contributed by atoms with Crippen LogP contribution >= 0.6 is 11.6 Å². The molecule has 0 bridgehead atoms. The van der Waals surface area contributed by atoms with Gasteiger partial charge in [-0.05, 0) is 37.6 Å². The molecule has 0 spiro atoms. The zero-order chi connectivity index (χ0) is 27.3. The number of hydrogen-bond acceptors (Lipinski definition) is 5. The normalized spacial score (nSPS) is 14.6. The minimum absolute atomic E-state index is 0.105. The summed E-state index contributed by atoms with van der Waals surface area (Å²) in [6.45, 7) is 4.27. The van der Waals surface area contributed by atoms with E-state index in [2.05, 4.69) is 4.90 Å². The first kappa shape index (κ1) is 27.8. The Bertz CT molecular complexity index is 1350. The highest BCUT2D eigenvalue weighted by molar-refractivity contribution is 6.30. The van der Waals surface area contributed by atoms with E-state index in [9.17, 15) is 22.8 Å². The zero-order valence-corrected chi connectivity index (χ0v) is 21.8. The summed E-state index contributed by atoms with van der Waals surface area (Å²) in [5, 5.41) is 0.304. The van der Waals surface area contributed by atoms with Crippen LogP contribution in [0.15, 0.2) is 64.3 Å². The molecule has 0 saturated carbocycles. The summed E-state index contributed by atoms with van der Waals surface area (Å²) in [4.78, 5) is 29.9. The number of aryl methyl sites for hydroxylation is 1. The molecule has 4 rings (SSSR count). The van der Waals surface area contributed by atoms with Crippen LogP contribution in [0, 0.1) is 6.92 Å². The molecule has 11 heteroatoms. The van der Waals surface area contributed by atoms with Crippen molar-refractivity contribution in [2.45, 2.75) is 32.6 Å². The molecule has 0 N–H and O–H groups in total. The van der Waals surface area contributed by atoms with Crippen LogP contribution < -0.4 is 20.9 Å². The van der Waals surface area contributed by atoms with Gasteiger partial charge >= 0.3 is 11.9 Å². The quantitative estimate of drug-likeness (QED) is 0.400. The molecule has 1 aliphatic rings. The summed E-state index contributed by atoms with van der Waals surface area (Å²) in [5.41, 5.74) is 1.45. The highest BCUT2D eigenvalue weighted by atomic mass is 35.5. The van der Waals surface area contributed by atoms with Gasteiger partial charge in [0, 0.05) is 55.6 Å². The molecule has 0 amide bonds. The minimum Gasteiger partial charge on any atom is -0.482 e. The van der Waals surface area contributed by atoms with Crippen LogP contribution in [-0.4, -0.2) is 59.5 Å². The third-order valence-electron chi connectivity index (χ3n) is 6.49. The van der Waals surface area contributed by atoms with Gasteiger partial charge in [-0.1, -0.05) is 41.9 Å². The smallest absolute Gasteiger partial charge is 0.422 e. The van der Waals surface area contributed by atoms with E-state index in [0.29, 0.717) is 68.5 Å². The third kappa shape index (κ3) is 7.20. The van der Waals surface area contributed by atoms with E-state index in [1.54, 1.807) is 29.8 Å². The fourth-order valence-electron chi connectivity index (χ4n) is 4.58. The lowest BCUT2D eigenvalue weighted by Gasteiger charge is -2.36. The minimum atomic E-state index is -4.44. The SMILES string of the molecule is Cc1cn(Cc2ccccc2)c(=O)n(CCCN2CCN(c3ccc(Cl)cc3OCC(F)(F)F)CC2)c1=O. The van der Waals surface area contributed by atoms with Crippen molar-refractivity contribution >= 4 is 17.3 Å². The Morgan fingerprint density at radius 3 is 2.37 bits per heavy atom. The fraction of sp³-hybridized carbons (Fsp3) is 0.407. The summed E-state index contributed by atoms with van der Waals surface area (Å²) in [6.07, 6.45) is -2.22. The molecule has 2 heterocycles. The van der Waals surface area contributed by atoms with Gasteiger partial charge in [0.1, 0.15) is 5.75 Å². The van der Waals surface area contributed by atoms with Crippen LogP contribution in [-0.2, 0) is 13.1 Å². The second-order valence-corrected chi connectivity index (χ2v) is 9.80. The second-order valence-electron chi connectivity index (χ2n) is 9.36. The maximum atomic E-state index is 13.0. The number of ether oxygens (including phenoxy) is 1. The number of hydrogen-bond donors (Lipinski definition) is 0. The first-order valence-corrected chi connectivity index (χ1v) is 12.8. The molecular formula is C27H30ClF3N4O3. The summed E-state index contributed by atoms with van der Waals surface area (Å²) in [5.74, 6) is 0.105. The molecule has 7 nitrogen and oxygen atoms in total. The molecule has 0 radical (unpaired) electrons. The van der Waals surface area contributed by atoms with E-state index < -0.39 is 12.8 Å². The molecule has 0 atom stereocenters. The molecule has 1 aliphatic heterocycles. The third-order valence-corrected chi connectivity index (χ3v) is 6.72. The monoisotopic (exact) mass is 550 g/mol. The van der Waals surface area contributed by atoms with Crippen molar-refractivity contribution in [3.05, 3.63) is 91.7 Å². The number of benzene rings is 2. The van der Waals surface area contributed by atoms with E-state index in [1.165, 1.54) is 10.6 Å². The molecule has 1 fully saturated rings. The molecule has 1 aromatic heterocycles. The van der Waals surface area contributed by atoms with Crippen molar-refractivity contribution in [1.29, 1.82) is 0 Å². The highest BCUT2D eigenvalue weighted by Gasteiger charge is 2.29. The van der Waals surface area contributed by atoms with Crippen LogP contribution in [0.3, 0.4) is 0 Å². The summed E-state index contributed by atoms with van der Waals surface area (Å²) in [6, 6.07) is 14.3. The Balaban J connectivity index is 1.34. The molecule has 3 aromatic rings. The maximum absolute atomic E-state index is 13.0. The number of anilines is 1. The summed E-state index contributed by atoms with van der Waals surface area (Å²) < 4.78 is 45.9. The molecule has 0 unspecified atom stereocenters. The number of nitrogens with zero attached hydrogens (tertiary/aromatic N) is 4. The van der Waals surface area contributed by atoms with E-state index >= 15 is 0 Å². The Hall–Kier alpha value is -3.24. The Morgan fingerprint density at radius 1 is 0.974 bits per heavy atom. The summed E-state index contributed by atoms with van der Waals surface area (Å²) in [7, 11) is 0. The molecule has 204 valence electrons. The van der Waals surface area contributed by atoms with E-state index in [4.69, 9.17) is 16.3 Å². The Labute approximate surface area is 223 Å². The van der Waals surface area contributed by atoms with Gasteiger partial charge in [-0.2, -0.15) is 13.2 Å². The van der Waals surface area contributed by atoms with Crippen molar-refractivity contribution in [3.63, 3.8) is 0 Å². The second kappa shape index (κ2) is 12.1. The van der Waals surface area contributed by atoms with Crippen LogP contribution in [0.2, 0.25) is 5.02 Å². The lowest BCUT2D eigenvalue weighted by molar-refractivity contribution is -0.153. The van der Waals surface area contributed by atoms with E-state index in [0.717, 1.165) is 5.56 Å². The largest absolute Gasteiger partial charge is 0.482 e. The number of rotatable bonds is 9. The van der Waals surface area contributed by atoms with Gasteiger partial charge in [0.25, 0.3) is 5.56 Å². The van der Waals surface area contributed by atoms with E-state index in [1.807, 2.05) is 35.2 Å². The first-order valence-electron chi connectivity index (χ1n) is 12.4. The number of alkyl halides is 3. The molecule has 1 saturated heterocycles. The number of halogens is 4. The van der Waals surface area contributed by atoms with Crippen molar-refractivity contribution in [2.24, 2.45) is 0 Å². The van der Waals surface area contributed by atoms with Crippen LogP contribution in [0.5, 0.6) is 5.75 Å². The van der Waals surface area contributed by atoms with Gasteiger partial charge in [0.15, 0.2) is 6.61 Å². The van der Waals surface area contributed by atoms with Gasteiger partial charge in [-0.3, -0.25) is 18.8 Å². The predicted molar refractivity (Wildman–Crippen MR) is 142 cm³/mol. The zero-order valence-electron chi connectivity index (χ0n) is 21.1. The molecule has 0 aliphatic carbocycles. The standard InChI is InChI=1S/C27H30ClF3N4O3/c1-20-17-34(18-21-6-3-2-4-7-21)26(37)35(25(20)36)11-5-10-32-12-14-33(15-13-32)23-9-8-22(28)16-24(23)38-19-27(29,30)31/h2-4,6-9,16-17H,5,10-15,18-19H2,1H3. The Morgan fingerprint density at radius 2 is 1.68 bits per heavy atom. The average molecular weight is 551 g/mol. The van der Waals surface area contributed by atoms with Crippen molar-refractivity contribution < 1.29 is 17.9 Å².